The van der Waals surface area contributed by atoms with Crippen LogP contribution in [0.3, 0.4) is 0 Å². The highest BCUT2D eigenvalue weighted by Crippen LogP contribution is 2.28. The van der Waals surface area contributed by atoms with Gasteiger partial charge in [-0.15, -0.1) is 0 Å². The minimum absolute atomic E-state index is 0.0914. The van der Waals surface area contributed by atoms with Gasteiger partial charge in [0.1, 0.15) is 5.25 Å². The van der Waals surface area contributed by atoms with E-state index in [0.29, 0.717) is 6.54 Å². The Labute approximate surface area is 120 Å². The highest BCUT2D eigenvalue weighted by atomic mass is 32.2. The summed E-state index contributed by atoms with van der Waals surface area (Å²) >= 11 is 0. The van der Waals surface area contributed by atoms with Crippen LogP contribution in [-0.4, -0.2) is 31.9 Å². The molecular weight excluding hydrogens is 274 g/mol. The summed E-state index contributed by atoms with van der Waals surface area (Å²) in [6, 6.07) is 7.63. The molecule has 0 aliphatic carbocycles. The lowest BCUT2D eigenvalue weighted by Crippen LogP contribution is -2.41. The zero-order valence-electron chi connectivity index (χ0n) is 11.7. The fourth-order valence-corrected chi connectivity index (χ4v) is 3.50. The fourth-order valence-electron chi connectivity index (χ4n) is 2.31. The van der Waals surface area contributed by atoms with E-state index in [0.717, 1.165) is 17.7 Å². The molecule has 1 aliphatic heterocycles. The van der Waals surface area contributed by atoms with Crippen molar-refractivity contribution >= 4 is 21.4 Å². The number of carbonyl (C=O) groups excluding carboxylic acids is 1. The van der Waals surface area contributed by atoms with E-state index < -0.39 is 15.1 Å². The normalized spacial score (nSPS) is 16.4. The maximum atomic E-state index is 12.4. The molecule has 2 rings (SSSR count). The molecule has 0 radical (unpaired) electrons. The molecule has 1 aliphatic rings. The number of benzene rings is 1. The lowest BCUT2D eigenvalue weighted by Gasteiger charge is -2.21. The van der Waals surface area contributed by atoms with Crippen LogP contribution in [-0.2, 0) is 21.1 Å². The third-order valence-corrected chi connectivity index (χ3v) is 5.54. The van der Waals surface area contributed by atoms with Crippen molar-refractivity contribution in [3.8, 4) is 0 Å². The molecular formula is C15H19NO3S. The summed E-state index contributed by atoms with van der Waals surface area (Å²) in [7, 11) is -3.44. The van der Waals surface area contributed by atoms with Crippen LogP contribution in [0.2, 0.25) is 0 Å². The number of anilines is 1. The van der Waals surface area contributed by atoms with E-state index in [1.807, 2.05) is 24.3 Å². The lowest BCUT2D eigenvalue weighted by atomic mass is 10.2. The summed E-state index contributed by atoms with van der Waals surface area (Å²) < 4.78 is 24.2. The smallest absolute Gasteiger partial charge is 0.245 e. The highest BCUT2D eigenvalue weighted by molar-refractivity contribution is 7.92. The maximum Gasteiger partial charge on any atom is 0.245 e. The van der Waals surface area contributed by atoms with Gasteiger partial charge in [0.05, 0.1) is 5.75 Å². The van der Waals surface area contributed by atoms with Crippen LogP contribution in [0.4, 0.5) is 5.69 Å². The summed E-state index contributed by atoms with van der Waals surface area (Å²) in [6.45, 7) is 3.79. The molecule has 1 aromatic rings. The van der Waals surface area contributed by atoms with Crippen molar-refractivity contribution in [1.82, 2.24) is 0 Å². The number of rotatable bonds is 4. The van der Waals surface area contributed by atoms with E-state index in [4.69, 9.17) is 0 Å². The second kappa shape index (κ2) is 5.79. The lowest BCUT2D eigenvalue weighted by molar-refractivity contribution is -0.117. The molecule has 20 heavy (non-hydrogen) atoms. The maximum absolute atomic E-state index is 12.4. The molecule has 108 valence electrons. The van der Waals surface area contributed by atoms with Crippen LogP contribution < -0.4 is 4.90 Å². The number of amides is 1. The zero-order valence-corrected chi connectivity index (χ0v) is 12.6. The summed E-state index contributed by atoms with van der Waals surface area (Å²) in [5.74, 6) is -0.425. The van der Waals surface area contributed by atoms with E-state index in [2.05, 4.69) is 0 Å². The third-order valence-electron chi connectivity index (χ3n) is 3.60. The molecule has 0 saturated heterocycles. The quantitative estimate of drug-likeness (QED) is 0.797. The number of nitrogens with zero attached hydrogens (tertiary/aromatic N) is 1. The highest BCUT2D eigenvalue weighted by Gasteiger charge is 2.34. The monoisotopic (exact) mass is 293 g/mol. The van der Waals surface area contributed by atoms with E-state index in [-0.39, 0.29) is 11.7 Å². The van der Waals surface area contributed by atoms with Crippen LogP contribution in [0.25, 0.3) is 0 Å². The van der Waals surface area contributed by atoms with Gasteiger partial charge in [-0.3, -0.25) is 4.79 Å². The Balaban J connectivity index is 2.21. The van der Waals surface area contributed by atoms with Crippen molar-refractivity contribution in [2.24, 2.45) is 0 Å². The Bertz CT molecular complexity index is 634. The number of allylic oxidation sites excluding steroid dienone is 1. The Hall–Kier alpha value is -1.62. The first kappa shape index (κ1) is 14.8. The number of hydrogen-bond donors (Lipinski definition) is 0. The SMILES string of the molecule is CC=CCS(=O)(=O)C(C)C(=O)N1CCc2ccccc21. The molecule has 1 amide bonds. The van der Waals surface area contributed by atoms with Crippen LogP contribution in [0.15, 0.2) is 36.4 Å². The number of carbonyl (C=O) groups is 1. The summed E-state index contributed by atoms with van der Waals surface area (Å²) in [4.78, 5) is 14.0. The molecule has 0 N–H and O–H groups in total. The van der Waals surface area contributed by atoms with E-state index >= 15 is 0 Å². The molecule has 5 heteroatoms. The topological polar surface area (TPSA) is 54.5 Å². The number of para-hydroxylation sites is 1. The molecule has 1 aromatic carbocycles. The van der Waals surface area contributed by atoms with Gasteiger partial charge in [-0.1, -0.05) is 30.4 Å². The van der Waals surface area contributed by atoms with Crippen molar-refractivity contribution in [1.29, 1.82) is 0 Å². The second-order valence-corrected chi connectivity index (χ2v) is 7.28. The van der Waals surface area contributed by atoms with Gasteiger partial charge < -0.3 is 4.90 Å². The van der Waals surface area contributed by atoms with E-state index in [1.165, 1.54) is 6.92 Å². The van der Waals surface area contributed by atoms with Crippen LogP contribution in [0.1, 0.15) is 19.4 Å². The molecule has 4 nitrogen and oxygen atoms in total. The second-order valence-electron chi connectivity index (χ2n) is 4.91. The van der Waals surface area contributed by atoms with Gasteiger partial charge in [-0.2, -0.15) is 0 Å². The van der Waals surface area contributed by atoms with Crippen molar-refractivity contribution in [3.05, 3.63) is 42.0 Å². The van der Waals surface area contributed by atoms with Crippen molar-refractivity contribution in [3.63, 3.8) is 0 Å². The van der Waals surface area contributed by atoms with Crippen LogP contribution in [0.5, 0.6) is 0 Å². The van der Waals surface area contributed by atoms with Gasteiger partial charge in [0.2, 0.25) is 5.91 Å². The van der Waals surface area contributed by atoms with E-state index in [1.54, 1.807) is 24.0 Å². The minimum Gasteiger partial charge on any atom is -0.311 e. The van der Waals surface area contributed by atoms with Crippen molar-refractivity contribution in [2.45, 2.75) is 25.5 Å². The first-order valence-corrected chi connectivity index (χ1v) is 8.41. The largest absolute Gasteiger partial charge is 0.311 e. The molecule has 1 atom stereocenters. The molecule has 0 spiro atoms. The summed E-state index contributed by atoms with van der Waals surface area (Å²) in [6.07, 6.45) is 4.03. The van der Waals surface area contributed by atoms with E-state index in [9.17, 15) is 13.2 Å². The minimum atomic E-state index is -3.44. The first-order chi connectivity index (χ1) is 9.47. The van der Waals surface area contributed by atoms with Gasteiger partial charge in [0.25, 0.3) is 0 Å². The number of hydrogen-bond acceptors (Lipinski definition) is 3. The van der Waals surface area contributed by atoms with Crippen LogP contribution in [0, 0.1) is 0 Å². The Morgan fingerprint density at radius 1 is 1.40 bits per heavy atom. The van der Waals surface area contributed by atoms with Gasteiger partial charge in [0.15, 0.2) is 9.84 Å². The molecule has 0 aromatic heterocycles. The van der Waals surface area contributed by atoms with Gasteiger partial charge in [0, 0.05) is 12.2 Å². The molecule has 0 fully saturated rings. The predicted molar refractivity (Wildman–Crippen MR) is 80.6 cm³/mol. The molecule has 1 heterocycles. The average molecular weight is 293 g/mol. The number of sulfone groups is 1. The van der Waals surface area contributed by atoms with Crippen molar-refractivity contribution < 1.29 is 13.2 Å². The van der Waals surface area contributed by atoms with Crippen LogP contribution >= 0.6 is 0 Å². The molecule has 0 bridgehead atoms. The number of fused-ring (bicyclic) bond motifs is 1. The Morgan fingerprint density at radius 3 is 2.80 bits per heavy atom. The fraction of sp³-hybridized carbons (Fsp3) is 0.400. The van der Waals surface area contributed by atoms with Gasteiger partial charge in [-0.05, 0) is 31.9 Å². The van der Waals surface area contributed by atoms with Gasteiger partial charge >= 0.3 is 0 Å². The zero-order chi connectivity index (χ0) is 14.8. The van der Waals surface area contributed by atoms with Gasteiger partial charge in [-0.25, -0.2) is 8.42 Å². The summed E-state index contributed by atoms with van der Waals surface area (Å²) in [5.41, 5.74) is 1.93. The standard InChI is InChI=1S/C15H19NO3S/c1-3-4-11-20(18,19)12(2)15(17)16-10-9-13-7-5-6-8-14(13)16/h3-8,12H,9-11H2,1-2H3. The first-order valence-electron chi connectivity index (χ1n) is 6.69. The average Bonchev–Trinajstić information content (AvgIpc) is 2.87. The molecule has 1 unspecified atom stereocenters. The van der Waals surface area contributed by atoms with Crippen molar-refractivity contribution in [2.75, 3.05) is 17.2 Å². The predicted octanol–water partition coefficient (Wildman–Crippen LogP) is 1.96. The Morgan fingerprint density at radius 2 is 2.10 bits per heavy atom. The summed E-state index contributed by atoms with van der Waals surface area (Å²) in [5, 5.41) is -1.01. The Kier molecular flexibility index (Phi) is 4.28. The third kappa shape index (κ3) is 2.77. The molecule has 0 saturated carbocycles.